The molecule has 0 fully saturated rings. The van der Waals surface area contributed by atoms with Crippen molar-refractivity contribution in [3.05, 3.63) is 0 Å². The van der Waals surface area contributed by atoms with Crippen LogP contribution in [-0.4, -0.2) is 25.5 Å². The van der Waals surface area contributed by atoms with Crippen LogP contribution in [0.3, 0.4) is 0 Å². The summed E-state index contributed by atoms with van der Waals surface area (Å²) in [4.78, 5) is 4.26. The van der Waals surface area contributed by atoms with E-state index in [0.717, 1.165) is 38.3 Å². The fourth-order valence-electron chi connectivity index (χ4n) is 0.949. The van der Waals surface area contributed by atoms with Gasteiger partial charge in [0.25, 0.3) is 0 Å². The molecule has 0 aromatic carbocycles. The van der Waals surface area contributed by atoms with Crippen LogP contribution >= 0.6 is 12.8 Å². The van der Waals surface area contributed by atoms with Crippen molar-refractivity contribution < 1.29 is 0 Å². The molecule has 1 aliphatic rings. The van der Waals surface area contributed by atoms with E-state index in [1.807, 2.05) is 0 Å². The zero-order chi connectivity index (χ0) is 7.23. The lowest BCUT2D eigenvalue weighted by atomic mass is 10.3. The molecule has 0 spiro atoms. The first-order valence-corrected chi connectivity index (χ1v) is 4.02. The number of nitrogens with zero attached hydrogens (tertiary/aromatic N) is 1. The maximum Gasteiger partial charge on any atom is 0.0964 e. The molecule has 0 saturated heterocycles. The molecule has 0 bridgehead atoms. The monoisotopic (exact) mass is 159 g/mol. The number of amidine groups is 1. The lowest BCUT2D eigenvalue weighted by Crippen LogP contribution is -2.19. The average molecular weight is 159 g/mol. The summed E-state index contributed by atoms with van der Waals surface area (Å²) in [7, 11) is 0. The van der Waals surface area contributed by atoms with Crippen molar-refractivity contribution in [2.45, 2.75) is 12.8 Å². The molecule has 0 aromatic rings. The summed E-state index contributed by atoms with van der Waals surface area (Å²) in [6.45, 7) is 2.91. The van der Waals surface area contributed by atoms with Gasteiger partial charge in [0.2, 0.25) is 0 Å². The van der Waals surface area contributed by atoms with Crippen molar-refractivity contribution in [1.82, 2.24) is 10.0 Å². The normalized spacial score (nSPS) is 16.7. The summed E-state index contributed by atoms with van der Waals surface area (Å²) in [5.41, 5.74) is 0. The van der Waals surface area contributed by atoms with Crippen LogP contribution in [0.25, 0.3) is 0 Å². The molecule has 0 aliphatic carbocycles. The topological polar surface area (TPSA) is 36.4 Å². The quantitative estimate of drug-likeness (QED) is 0.405. The van der Waals surface area contributed by atoms with Crippen LogP contribution in [0.5, 0.6) is 0 Å². The highest BCUT2D eigenvalue weighted by molar-refractivity contribution is 7.78. The number of hydrogen-bond donors (Lipinski definition) is 3. The molecule has 0 radical (unpaired) electrons. The van der Waals surface area contributed by atoms with Crippen LogP contribution in [0.1, 0.15) is 12.8 Å². The van der Waals surface area contributed by atoms with E-state index in [1.165, 1.54) is 0 Å². The number of aliphatic imine (C=N–C) groups is 1. The van der Waals surface area contributed by atoms with E-state index in [2.05, 4.69) is 27.8 Å². The van der Waals surface area contributed by atoms with Gasteiger partial charge in [0, 0.05) is 19.5 Å². The van der Waals surface area contributed by atoms with E-state index in [0.29, 0.717) is 0 Å². The molecule has 0 atom stereocenters. The molecule has 0 saturated carbocycles. The summed E-state index contributed by atoms with van der Waals surface area (Å²) < 4.78 is 2.80. The zero-order valence-electron chi connectivity index (χ0n) is 5.93. The first kappa shape index (κ1) is 7.88. The lowest BCUT2D eigenvalue weighted by molar-refractivity contribution is 0.823. The Morgan fingerprint density at radius 2 is 2.60 bits per heavy atom. The minimum absolute atomic E-state index is 0.948. The number of hydrogen-bond acceptors (Lipinski definition) is 4. The second-order valence-electron chi connectivity index (χ2n) is 2.27. The van der Waals surface area contributed by atoms with Crippen molar-refractivity contribution in [3.8, 4) is 0 Å². The van der Waals surface area contributed by atoms with E-state index in [1.54, 1.807) is 0 Å². The van der Waals surface area contributed by atoms with Gasteiger partial charge in [-0.15, -0.1) is 0 Å². The Labute approximate surface area is 66.8 Å². The Bertz CT molecular complexity index is 124. The predicted octanol–water partition coefficient (Wildman–Crippen LogP) is 0.203. The lowest BCUT2D eigenvalue weighted by Gasteiger charge is -1.99. The Balaban J connectivity index is 2.01. The molecule has 1 rings (SSSR count). The van der Waals surface area contributed by atoms with Gasteiger partial charge in [-0.1, -0.05) is 12.8 Å². The number of thiol groups is 1. The molecule has 4 heteroatoms. The molecular weight excluding hydrogens is 146 g/mol. The molecule has 0 aromatic heterocycles. The SMILES string of the molecule is SNCCCC1=NCCN1. The Morgan fingerprint density at radius 3 is 3.20 bits per heavy atom. The third kappa shape index (κ3) is 2.58. The summed E-state index contributed by atoms with van der Waals surface area (Å²) in [5.74, 6) is 1.16. The third-order valence-electron chi connectivity index (χ3n) is 1.45. The molecular formula is C6H13N3S. The average Bonchev–Trinajstić information content (AvgIpc) is 2.41. The number of nitrogens with one attached hydrogen (secondary N) is 2. The molecule has 10 heavy (non-hydrogen) atoms. The van der Waals surface area contributed by atoms with Gasteiger partial charge in [-0.3, -0.25) is 9.71 Å². The highest BCUT2D eigenvalue weighted by atomic mass is 32.1. The van der Waals surface area contributed by atoms with Gasteiger partial charge in [0.15, 0.2) is 0 Å². The van der Waals surface area contributed by atoms with Crippen molar-refractivity contribution in [2.24, 2.45) is 4.99 Å². The highest BCUT2D eigenvalue weighted by Crippen LogP contribution is 1.94. The van der Waals surface area contributed by atoms with Crippen LogP contribution in [0.15, 0.2) is 4.99 Å². The van der Waals surface area contributed by atoms with Crippen molar-refractivity contribution in [3.63, 3.8) is 0 Å². The van der Waals surface area contributed by atoms with Gasteiger partial charge in [-0.25, -0.2) is 0 Å². The van der Waals surface area contributed by atoms with Crippen LogP contribution in [0, 0.1) is 0 Å². The first-order valence-electron chi connectivity index (χ1n) is 3.57. The molecule has 2 N–H and O–H groups in total. The summed E-state index contributed by atoms with van der Waals surface area (Å²) >= 11 is 3.89. The first-order chi connectivity index (χ1) is 4.93. The summed E-state index contributed by atoms with van der Waals surface area (Å²) in [6.07, 6.45) is 2.16. The van der Waals surface area contributed by atoms with Crippen molar-refractivity contribution in [2.75, 3.05) is 19.6 Å². The minimum atomic E-state index is 0.948. The molecule has 58 valence electrons. The van der Waals surface area contributed by atoms with E-state index >= 15 is 0 Å². The Hall–Kier alpha value is -0.220. The zero-order valence-corrected chi connectivity index (χ0v) is 6.82. The Kier molecular flexibility index (Phi) is 3.60. The third-order valence-corrected chi connectivity index (χ3v) is 1.67. The molecule has 1 heterocycles. The van der Waals surface area contributed by atoms with Gasteiger partial charge < -0.3 is 5.32 Å². The van der Waals surface area contributed by atoms with Crippen LogP contribution in [-0.2, 0) is 0 Å². The fraction of sp³-hybridized carbons (Fsp3) is 0.833. The maximum atomic E-state index is 4.26. The van der Waals surface area contributed by atoms with Crippen molar-refractivity contribution >= 4 is 18.7 Å². The van der Waals surface area contributed by atoms with Crippen molar-refractivity contribution in [1.29, 1.82) is 0 Å². The standard InChI is InChI=1S/C6H13N3S/c10-9-3-1-2-6-7-4-5-8-6/h9-10H,1-5H2,(H,7,8). The Morgan fingerprint density at radius 1 is 1.70 bits per heavy atom. The van der Waals surface area contributed by atoms with Gasteiger partial charge in [-0.2, -0.15) is 0 Å². The van der Waals surface area contributed by atoms with Crippen LogP contribution < -0.4 is 10.0 Å². The molecule has 1 aliphatic heterocycles. The smallest absolute Gasteiger partial charge is 0.0964 e. The molecule has 0 unspecified atom stereocenters. The van der Waals surface area contributed by atoms with Gasteiger partial charge in [0.05, 0.1) is 12.4 Å². The van der Waals surface area contributed by atoms with Gasteiger partial charge in [0.1, 0.15) is 0 Å². The highest BCUT2D eigenvalue weighted by Gasteiger charge is 2.02. The number of rotatable bonds is 4. The van der Waals surface area contributed by atoms with E-state index < -0.39 is 0 Å². The van der Waals surface area contributed by atoms with E-state index in [-0.39, 0.29) is 0 Å². The van der Waals surface area contributed by atoms with Crippen LogP contribution in [0.4, 0.5) is 0 Å². The van der Waals surface area contributed by atoms with Gasteiger partial charge >= 0.3 is 0 Å². The second kappa shape index (κ2) is 4.57. The summed E-state index contributed by atoms with van der Waals surface area (Å²) in [6, 6.07) is 0. The largest absolute Gasteiger partial charge is 0.372 e. The summed E-state index contributed by atoms with van der Waals surface area (Å²) in [5, 5.41) is 3.21. The van der Waals surface area contributed by atoms with E-state index in [4.69, 9.17) is 0 Å². The van der Waals surface area contributed by atoms with Crippen LogP contribution in [0.2, 0.25) is 0 Å². The molecule has 3 nitrogen and oxygen atoms in total. The van der Waals surface area contributed by atoms with Gasteiger partial charge in [-0.05, 0) is 6.42 Å². The van der Waals surface area contributed by atoms with E-state index in [9.17, 15) is 0 Å². The fourth-order valence-corrected chi connectivity index (χ4v) is 1.11. The predicted molar refractivity (Wildman–Crippen MR) is 46.5 cm³/mol. The second-order valence-corrected chi connectivity index (χ2v) is 2.58. The maximum absolute atomic E-state index is 4.26. The minimum Gasteiger partial charge on any atom is -0.372 e. The molecule has 0 amide bonds.